The number of amides is 1. The second-order valence-corrected chi connectivity index (χ2v) is 6.68. The van der Waals surface area contributed by atoms with Gasteiger partial charge in [-0.05, 0) is 45.0 Å². The summed E-state index contributed by atoms with van der Waals surface area (Å²) in [5.41, 5.74) is 2.09. The lowest BCUT2D eigenvalue weighted by Gasteiger charge is -2.23. The number of carbonyl (C=O) groups excluding carboxylic acids is 1. The number of carbonyl (C=O) groups is 1. The van der Waals surface area contributed by atoms with Crippen molar-refractivity contribution in [1.29, 1.82) is 0 Å². The molecule has 1 aliphatic heterocycles. The first-order valence-corrected chi connectivity index (χ1v) is 8.55. The van der Waals surface area contributed by atoms with Crippen molar-refractivity contribution in [1.82, 2.24) is 25.2 Å². The fourth-order valence-electron chi connectivity index (χ4n) is 3.07. The number of hydrogen-bond donors (Lipinski definition) is 1. The number of hydrogen-bond acceptors (Lipinski definition) is 4. The van der Waals surface area contributed by atoms with Gasteiger partial charge in [-0.15, -0.1) is 17.5 Å². The van der Waals surface area contributed by atoms with Gasteiger partial charge in [-0.3, -0.25) is 4.79 Å². The van der Waals surface area contributed by atoms with Crippen molar-refractivity contribution in [2.24, 2.45) is 0 Å². The molecule has 1 aromatic heterocycles. The number of halogens is 2. The molecule has 6 nitrogen and oxygen atoms in total. The Morgan fingerprint density at radius 2 is 2.25 bits per heavy atom. The van der Waals surface area contributed by atoms with Crippen molar-refractivity contribution in [3.05, 3.63) is 40.1 Å². The van der Waals surface area contributed by atoms with Crippen molar-refractivity contribution in [2.75, 3.05) is 20.1 Å². The van der Waals surface area contributed by atoms with E-state index in [0.717, 1.165) is 41.8 Å². The molecule has 130 valence electrons. The predicted octanol–water partition coefficient (Wildman–Crippen LogP) is 2.58. The zero-order chi connectivity index (χ0) is 16.4. The van der Waals surface area contributed by atoms with Crippen LogP contribution < -0.4 is 5.32 Å². The Morgan fingerprint density at radius 3 is 2.96 bits per heavy atom. The van der Waals surface area contributed by atoms with Gasteiger partial charge in [0.2, 0.25) is 0 Å². The molecule has 1 aromatic carbocycles. The highest BCUT2D eigenvalue weighted by atomic mass is 79.9. The van der Waals surface area contributed by atoms with Crippen molar-refractivity contribution >= 4 is 34.2 Å². The summed E-state index contributed by atoms with van der Waals surface area (Å²) < 4.78 is 2.67. The van der Waals surface area contributed by atoms with Gasteiger partial charge in [0.1, 0.15) is 0 Å². The van der Waals surface area contributed by atoms with Crippen molar-refractivity contribution in [3.63, 3.8) is 0 Å². The van der Waals surface area contributed by atoms with Gasteiger partial charge in [0.05, 0.1) is 11.4 Å². The molecule has 2 aromatic rings. The maximum atomic E-state index is 12.8. The second-order valence-electron chi connectivity index (χ2n) is 5.77. The molecule has 1 aliphatic rings. The fourth-order valence-corrected chi connectivity index (χ4v) is 3.45. The molecule has 0 bridgehead atoms. The third-order valence-corrected chi connectivity index (χ3v) is 4.72. The van der Waals surface area contributed by atoms with Gasteiger partial charge < -0.3 is 10.2 Å². The number of likely N-dealkylation sites (N-methyl/N-ethyl adjacent to an activating group) is 1. The van der Waals surface area contributed by atoms with Crippen LogP contribution in [0.1, 0.15) is 29.0 Å². The van der Waals surface area contributed by atoms with E-state index in [2.05, 4.69) is 31.6 Å². The number of nitrogens with one attached hydrogen (secondary N) is 1. The van der Waals surface area contributed by atoms with Gasteiger partial charge in [0.15, 0.2) is 5.69 Å². The summed E-state index contributed by atoms with van der Waals surface area (Å²) in [6.45, 7) is 3.48. The minimum Gasteiger partial charge on any atom is -0.333 e. The monoisotopic (exact) mass is 413 g/mol. The molecule has 0 spiro atoms. The molecule has 1 atom stereocenters. The molecular formula is C16H21BrClN5O. The Bertz CT molecular complexity index is 720. The van der Waals surface area contributed by atoms with Crippen LogP contribution in [0.4, 0.5) is 0 Å². The molecule has 1 N–H and O–H groups in total. The maximum Gasteiger partial charge on any atom is 0.276 e. The minimum atomic E-state index is -0.0264. The van der Waals surface area contributed by atoms with Crippen LogP contribution in [0.15, 0.2) is 28.7 Å². The highest BCUT2D eigenvalue weighted by molar-refractivity contribution is 9.10. The first kappa shape index (κ1) is 18.9. The molecule has 1 amide bonds. The van der Waals surface area contributed by atoms with Crippen LogP contribution in [0.25, 0.3) is 5.69 Å². The SMILES string of the molecule is CNCC1CCCN1C(=O)c1nnn(-c2cccc(Br)c2)c1C.Cl. The number of likely N-dealkylation sites (tertiary alicyclic amines) is 1. The molecule has 0 radical (unpaired) electrons. The molecule has 0 aliphatic carbocycles. The number of nitrogens with zero attached hydrogens (tertiary/aromatic N) is 4. The minimum absolute atomic E-state index is 0. The largest absolute Gasteiger partial charge is 0.333 e. The van der Waals surface area contributed by atoms with Crippen LogP contribution in [0, 0.1) is 6.92 Å². The Morgan fingerprint density at radius 1 is 1.46 bits per heavy atom. The average molecular weight is 415 g/mol. The van der Waals surface area contributed by atoms with E-state index in [1.807, 2.05) is 43.1 Å². The Hall–Kier alpha value is -1.44. The predicted molar refractivity (Wildman–Crippen MR) is 99.0 cm³/mol. The summed E-state index contributed by atoms with van der Waals surface area (Å²) in [4.78, 5) is 14.8. The molecule has 0 saturated carbocycles. The van der Waals surface area contributed by atoms with Crippen LogP contribution >= 0.6 is 28.3 Å². The van der Waals surface area contributed by atoms with E-state index in [1.54, 1.807) is 4.68 Å². The van der Waals surface area contributed by atoms with Gasteiger partial charge in [0, 0.05) is 23.6 Å². The summed E-state index contributed by atoms with van der Waals surface area (Å²) in [6, 6.07) is 8.03. The first-order chi connectivity index (χ1) is 11.1. The molecule has 2 heterocycles. The molecule has 24 heavy (non-hydrogen) atoms. The lowest BCUT2D eigenvalue weighted by molar-refractivity contribution is 0.0730. The maximum absolute atomic E-state index is 12.8. The Kier molecular flexibility index (Phi) is 6.37. The zero-order valence-corrected chi connectivity index (χ0v) is 16.1. The zero-order valence-electron chi connectivity index (χ0n) is 13.7. The average Bonchev–Trinajstić information content (AvgIpc) is 3.14. The van der Waals surface area contributed by atoms with Crippen molar-refractivity contribution in [3.8, 4) is 5.69 Å². The van der Waals surface area contributed by atoms with E-state index < -0.39 is 0 Å². The third kappa shape index (κ3) is 3.63. The summed E-state index contributed by atoms with van der Waals surface area (Å²) in [6.07, 6.45) is 2.07. The summed E-state index contributed by atoms with van der Waals surface area (Å²) in [5, 5.41) is 11.5. The van der Waals surface area contributed by atoms with E-state index in [0.29, 0.717) is 5.69 Å². The quantitative estimate of drug-likeness (QED) is 0.835. The third-order valence-electron chi connectivity index (χ3n) is 4.23. The van der Waals surface area contributed by atoms with Gasteiger partial charge in [0.25, 0.3) is 5.91 Å². The van der Waals surface area contributed by atoms with Crippen LogP contribution in [0.3, 0.4) is 0 Å². The van der Waals surface area contributed by atoms with Crippen molar-refractivity contribution in [2.45, 2.75) is 25.8 Å². The molecule has 3 rings (SSSR count). The summed E-state index contributed by atoms with van der Waals surface area (Å²) >= 11 is 3.46. The van der Waals surface area contributed by atoms with Crippen LogP contribution in [-0.4, -0.2) is 52.0 Å². The number of aromatic nitrogens is 3. The Labute approximate surface area is 156 Å². The van der Waals surface area contributed by atoms with Gasteiger partial charge in [-0.2, -0.15) is 0 Å². The van der Waals surface area contributed by atoms with Crippen LogP contribution in [-0.2, 0) is 0 Å². The van der Waals surface area contributed by atoms with E-state index in [4.69, 9.17) is 0 Å². The molecule has 1 unspecified atom stereocenters. The molecule has 1 saturated heterocycles. The van der Waals surface area contributed by atoms with E-state index in [9.17, 15) is 4.79 Å². The van der Waals surface area contributed by atoms with Gasteiger partial charge >= 0.3 is 0 Å². The lowest BCUT2D eigenvalue weighted by Crippen LogP contribution is -2.41. The molecule has 8 heteroatoms. The van der Waals surface area contributed by atoms with Crippen molar-refractivity contribution < 1.29 is 4.79 Å². The first-order valence-electron chi connectivity index (χ1n) is 7.75. The van der Waals surface area contributed by atoms with E-state index in [1.165, 1.54) is 0 Å². The number of rotatable bonds is 4. The fraction of sp³-hybridized carbons (Fsp3) is 0.438. The van der Waals surface area contributed by atoms with Gasteiger partial charge in [-0.1, -0.05) is 27.2 Å². The second kappa shape index (κ2) is 8.09. The van der Waals surface area contributed by atoms with Crippen LogP contribution in [0.2, 0.25) is 0 Å². The Balaban J connectivity index is 0.00000208. The molecule has 1 fully saturated rings. The van der Waals surface area contributed by atoms with Gasteiger partial charge in [-0.25, -0.2) is 4.68 Å². The highest BCUT2D eigenvalue weighted by Gasteiger charge is 2.31. The highest BCUT2D eigenvalue weighted by Crippen LogP contribution is 2.22. The normalized spacial score (nSPS) is 17.0. The van der Waals surface area contributed by atoms with E-state index >= 15 is 0 Å². The summed E-state index contributed by atoms with van der Waals surface area (Å²) in [7, 11) is 1.91. The van der Waals surface area contributed by atoms with Crippen LogP contribution in [0.5, 0.6) is 0 Å². The van der Waals surface area contributed by atoms with E-state index in [-0.39, 0.29) is 24.4 Å². The summed E-state index contributed by atoms with van der Waals surface area (Å²) in [5.74, 6) is -0.0264. The number of benzene rings is 1. The molecular weight excluding hydrogens is 394 g/mol. The lowest BCUT2D eigenvalue weighted by atomic mass is 10.2. The standard InChI is InChI=1S/C16H20BrN5O.ClH/c1-11-15(16(23)21-8-4-7-14(21)10-18-2)19-20-22(11)13-6-3-5-12(17)9-13;/h3,5-6,9,14,18H,4,7-8,10H2,1-2H3;1H. The smallest absolute Gasteiger partial charge is 0.276 e. The topological polar surface area (TPSA) is 63.1 Å².